The quantitative estimate of drug-likeness (QED) is 0.591. The van der Waals surface area contributed by atoms with Crippen molar-refractivity contribution in [1.29, 1.82) is 0 Å². The maximum Gasteiger partial charge on any atom is 0.344 e. The van der Waals surface area contributed by atoms with Crippen LogP contribution in [0.5, 0.6) is 0 Å². The summed E-state index contributed by atoms with van der Waals surface area (Å²) >= 11 is 0. The van der Waals surface area contributed by atoms with Gasteiger partial charge in [0.1, 0.15) is 0 Å². The molecule has 0 aliphatic heterocycles. The van der Waals surface area contributed by atoms with Crippen molar-refractivity contribution in [2.24, 2.45) is 5.16 Å². The van der Waals surface area contributed by atoms with E-state index in [2.05, 4.69) is 9.99 Å². The van der Waals surface area contributed by atoms with E-state index in [0.717, 1.165) is 18.6 Å². The summed E-state index contributed by atoms with van der Waals surface area (Å²) in [6.45, 7) is 1.44. The standard InChI is InChI=1S/C12H15NO3/c1-10(13-16-9-12(14)15)7-8-11-5-3-2-4-6-11/h2-6H,7-9H2,1H3,(H,14,15). The third kappa shape index (κ3) is 5.14. The molecule has 1 N–H and O–H groups in total. The lowest BCUT2D eigenvalue weighted by atomic mass is 10.1. The van der Waals surface area contributed by atoms with Crippen LogP contribution >= 0.6 is 0 Å². The zero-order valence-corrected chi connectivity index (χ0v) is 9.22. The number of carbonyl (C=O) groups is 1. The van der Waals surface area contributed by atoms with Gasteiger partial charge in [0.15, 0.2) is 0 Å². The Balaban J connectivity index is 2.29. The highest BCUT2D eigenvalue weighted by atomic mass is 16.6. The molecule has 0 amide bonds. The van der Waals surface area contributed by atoms with Gasteiger partial charge in [-0.3, -0.25) is 0 Å². The molecule has 0 atom stereocenters. The van der Waals surface area contributed by atoms with Gasteiger partial charge in [-0.25, -0.2) is 4.79 Å². The first-order valence-corrected chi connectivity index (χ1v) is 5.09. The summed E-state index contributed by atoms with van der Waals surface area (Å²) in [5.41, 5.74) is 2.03. The van der Waals surface area contributed by atoms with Crippen molar-refractivity contribution in [3.63, 3.8) is 0 Å². The second-order valence-corrected chi connectivity index (χ2v) is 3.48. The molecule has 0 saturated carbocycles. The van der Waals surface area contributed by atoms with Gasteiger partial charge in [0.2, 0.25) is 6.61 Å². The predicted octanol–water partition coefficient (Wildman–Crippen LogP) is 2.10. The number of carboxylic acids is 1. The molecule has 0 bridgehead atoms. The molecule has 0 saturated heterocycles. The second kappa shape index (κ2) is 6.61. The van der Waals surface area contributed by atoms with Crippen LogP contribution in [0.25, 0.3) is 0 Å². The topological polar surface area (TPSA) is 58.9 Å². The Bertz CT molecular complexity index is 360. The Kier molecular flexibility index (Phi) is 5.05. The number of aryl methyl sites for hydroxylation is 1. The highest BCUT2D eigenvalue weighted by molar-refractivity contribution is 5.81. The van der Waals surface area contributed by atoms with Gasteiger partial charge in [0, 0.05) is 0 Å². The van der Waals surface area contributed by atoms with E-state index >= 15 is 0 Å². The molecule has 0 unspecified atom stereocenters. The highest BCUT2D eigenvalue weighted by Gasteiger charge is 1.97. The van der Waals surface area contributed by atoms with E-state index in [9.17, 15) is 4.79 Å². The number of hydrogen-bond donors (Lipinski definition) is 1. The molecule has 16 heavy (non-hydrogen) atoms. The van der Waals surface area contributed by atoms with E-state index < -0.39 is 5.97 Å². The van der Waals surface area contributed by atoms with E-state index in [1.165, 1.54) is 5.56 Å². The van der Waals surface area contributed by atoms with Crippen LogP contribution in [-0.4, -0.2) is 23.4 Å². The van der Waals surface area contributed by atoms with Gasteiger partial charge >= 0.3 is 5.97 Å². The van der Waals surface area contributed by atoms with Crippen molar-refractivity contribution in [2.75, 3.05) is 6.61 Å². The van der Waals surface area contributed by atoms with Crippen LogP contribution in [0.4, 0.5) is 0 Å². The highest BCUT2D eigenvalue weighted by Crippen LogP contribution is 2.03. The first kappa shape index (κ1) is 12.2. The van der Waals surface area contributed by atoms with Gasteiger partial charge in [-0.2, -0.15) is 0 Å². The van der Waals surface area contributed by atoms with Crippen molar-refractivity contribution < 1.29 is 14.7 Å². The molecule has 1 rings (SSSR count). The van der Waals surface area contributed by atoms with E-state index in [4.69, 9.17) is 5.11 Å². The first-order valence-electron chi connectivity index (χ1n) is 5.09. The van der Waals surface area contributed by atoms with Crippen LogP contribution in [0.2, 0.25) is 0 Å². The van der Waals surface area contributed by atoms with Gasteiger partial charge in [-0.15, -0.1) is 0 Å². The average Bonchev–Trinajstić information content (AvgIpc) is 2.27. The lowest BCUT2D eigenvalue weighted by Gasteiger charge is -2.01. The fourth-order valence-electron chi connectivity index (χ4n) is 1.21. The maximum absolute atomic E-state index is 10.2. The smallest absolute Gasteiger partial charge is 0.344 e. The molecule has 0 fully saturated rings. The van der Waals surface area contributed by atoms with Crippen LogP contribution in [0.15, 0.2) is 35.5 Å². The Hall–Kier alpha value is -1.84. The first-order chi connectivity index (χ1) is 7.68. The summed E-state index contributed by atoms with van der Waals surface area (Å²) in [6, 6.07) is 10.0. The van der Waals surface area contributed by atoms with Crippen LogP contribution < -0.4 is 0 Å². The fraction of sp³-hybridized carbons (Fsp3) is 0.333. The SMILES string of the molecule is CC(CCc1ccccc1)=NOCC(=O)O. The van der Waals surface area contributed by atoms with Gasteiger partial charge in [0.25, 0.3) is 0 Å². The lowest BCUT2D eigenvalue weighted by molar-refractivity contribution is -0.142. The van der Waals surface area contributed by atoms with Gasteiger partial charge in [-0.1, -0.05) is 35.5 Å². The molecule has 1 aromatic carbocycles. The van der Waals surface area contributed by atoms with Crippen LogP contribution in [0.3, 0.4) is 0 Å². The van der Waals surface area contributed by atoms with Gasteiger partial charge in [-0.05, 0) is 25.3 Å². The maximum atomic E-state index is 10.2. The molecule has 0 aliphatic rings. The van der Waals surface area contributed by atoms with Crippen LogP contribution in [0.1, 0.15) is 18.9 Å². The minimum absolute atomic E-state index is 0.386. The van der Waals surface area contributed by atoms with Crippen molar-refractivity contribution in [3.8, 4) is 0 Å². The molecular weight excluding hydrogens is 206 g/mol. The van der Waals surface area contributed by atoms with Gasteiger partial charge < -0.3 is 9.94 Å². The molecule has 0 aliphatic carbocycles. The van der Waals surface area contributed by atoms with Crippen molar-refractivity contribution in [2.45, 2.75) is 19.8 Å². The number of rotatable bonds is 6. The number of oxime groups is 1. The summed E-state index contributed by atoms with van der Waals surface area (Å²) in [7, 11) is 0. The number of carboxylic acid groups (broad SMARTS) is 1. The molecule has 0 heterocycles. The van der Waals surface area contributed by atoms with E-state index in [1.807, 2.05) is 37.3 Å². The average molecular weight is 221 g/mol. The summed E-state index contributed by atoms with van der Waals surface area (Å²) in [5.74, 6) is -1.01. The minimum atomic E-state index is -1.01. The Morgan fingerprint density at radius 1 is 1.38 bits per heavy atom. The number of benzene rings is 1. The zero-order chi connectivity index (χ0) is 11.8. The molecular formula is C12H15NO3. The molecule has 0 radical (unpaired) electrons. The number of aliphatic carboxylic acids is 1. The molecule has 0 aromatic heterocycles. The van der Waals surface area contributed by atoms with E-state index in [-0.39, 0.29) is 6.61 Å². The lowest BCUT2D eigenvalue weighted by Crippen LogP contribution is -2.05. The number of nitrogens with zero attached hydrogens (tertiary/aromatic N) is 1. The summed E-state index contributed by atoms with van der Waals surface area (Å²) in [5, 5.41) is 12.1. The fourth-order valence-corrected chi connectivity index (χ4v) is 1.21. The minimum Gasteiger partial charge on any atom is -0.479 e. The third-order valence-electron chi connectivity index (χ3n) is 2.03. The Labute approximate surface area is 94.5 Å². The van der Waals surface area contributed by atoms with Crippen molar-refractivity contribution in [1.82, 2.24) is 0 Å². The van der Waals surface area contributed by atoms with Crippen molar-refractivity contribution >= 4 is 11.7 Å². The molecule has 4 heteroatoms. The van der Waals surface area contributed by atoms with Crippen LogP contribution in [-0.2, 0) is 16.1 Å². The second-order valence-electron chi connectivity index (χ2n) is 3.48. The molecule has 0 spiro atoms. The normalized spacial score (nSPS) is 11.2. The van der Waals surface area contributed by atoms with E-state index in [0.29, 0.717) is 0 Å². The largest absolute Gasteiger partial charge is 0.479 e. The molecule has 1 aromatic rings. The predicted molar refractivity (Wildman–Crippen MR) is 61.5 cm³/mol. The number of hydrogen-bond acceptors (Lipinski definition) is 3. The Morgan fingerprint density at radius 2 is 2.06 bits per heavy atom. The summed E-state index contributed by atoms with van der Waals surface area (Å²) in [4.78, 5) is 14.8. The van der Waals surface area contributed by atoms with E-state index in [1.54, 1.807) is 0 Å². The zero-order valence-electron chi connectivity index (χ0n) is 9.22. The molecule has 4 nitrogen and oxygen atoms in total. The van der Waals surface area contributed by atoms with Crippen molar-refractivity contribution in [3.05, 3.63) is 35.9 Å². The van der Waals surface area contributed by atoms with Crippen LogP contribution in [0, 0.1) is 0 Å². The summed E-state index contributed by atoms with van der Waals surface area (Å²) < 4.78 is 0. The third-order valence-corrected chi connectivity index (χ3v) is 2.03. The summed E-state index contributed by atoms with van der Waals surface area (Å²) in [6.07, 6.45) is 1.65. The molecule has 86 valence electrons. The monoisotopic (exact) mass is 221 g/mol. The van der Waals surface area contributed by atoms with Gasteiger partial charge in [0.05, 0.1) is 5.71 Å². The Morgan fingerprint density at radius 3 is 2.69 bits per heavy atom.